The van der Waals surface area contributed by atoms with Crippen LogP contribution < -0.4 is 5.32 Å². The van der Waals surface area contributed by atoms with E-state index in [0.717, 1.165) is 24.0 Å². The van der Waals surface area contributed by atoms with Crippen molar-refractivity contribution in [2.24, 2.45) is 0 Å². The molecule has 1 amide bonds. The Kier molecular flexibility index (Phi) is 4.51. The molecule has 4 rings (SSSR count). The number of aromatic amines is 1. The molecule has 0 unspecified atom stereocenters. The first-order valence-electron chi connectivity index (χ1n) is 8.75. The van der Waals surface area contributed by atoms with Gasteiger partial charge in [-0.1, -0.05) is 36.4 Å². The average Bonchev–Trinajstić information content (AvgIpc) is 3.30. The number of nitrogens with zero attached hydrogens (tertiary/aromatic N) is 2. The molecule has 5 heteroatoms. The zero-order valence-corrected chi connectivity index (χ0v) is 14.4. The van der Waals surface area contributed by atoms with Gasteiger partial charge in [0.05, 0.1) is 5.69 Å². The van der Waals surface area contributed by atoms with Crippen LogP contribution in [-0.2, 0) is 11.2 Å². The van der Waals surface area contributed by atoms with Crippen LogP contribution in [0.15, 0.2) is 73.1 Å². The zero-order valence-electron chi connectivity index (χ0n) is 14.4. The second-order valence-corrected chi connectivity index (χ2v) is 6.24. The highest BCUT2D eigenvalue weighted by Gasteiger charge is 2.08. The lowest BCUT2D eigenvalue weighted by atomic mass is 10.1. The minimum absolute atomic E-state index is 0.0110. The monoisotopic (exact) mass is 344 g/mol. The third-order valence-corrected chi connectivity index (χ3v) is 4.40. The van der Waals surface area contributed by atoms with E-state index < -0.39 is 0 Å². The maximum Gasteiger partial charge on any atom is 0.225 e. The Balaban J connectivity index is 1.31. The molecular formula is C21H20N4O. The molecule has 0 atom stereocenters. The van der Waals surface area contributed by atoms with Crippen LogP contribution in [0.4, 0.5) is 5.82 Å². The molecule has 2 aromatic heterocycles. The summed E-state index contributed by atoms with van der Waals surface area (Å²) in [6.07, 6.45) is 6.02. The van der Waals surface area contributed by atoms with Crippen molar-refractivity contribution in [3.63, 3.8) is 0 Å². The Morgan fingerprint density at radius 2 is 1.85 bits per heavy atom. The first-order chi connectivity index (χ1) is 12.8. The van der Waals surface area contributed by atoms with Gasteiger partial charge in [-0.05, 0) is 36.6 Å². The fourth-order valence-corrected chi connectivity index (χ4v) is 3.10. The molecule has 0 fully saturated rings. The SMILES string of the molecule is O=C(CCCc1c[nH]c2ccccc12)Nc1ccn(-c2ccccc2)n1. The van der Waals surface area contributed by atoms with Crippen molar-refractivity contribution in [1.29, 1.82) is 0 Å². The van der Waals surface area contributed by atoms with Crippen molar-refractivity contribution in [2.45, 2.75) is 19.3 Å². The summed E-state index contributed by atoms with van der Waals surface area (Å²) >= 11 is 0. The van der Waals surface area contributed by atoms with Gasteiger partial charge in [-0.3, -0.25) is 4.79 Å². The third kappa shape index (κ3) is 3.52. The van der Waals surface area contributed by atoms with Gasteiger partial charge in [-0.15, -0.1) is 0 Å². The number of anilines is 1. The summed E-state index contributed by atoms with van der Waals surface area (Å²) in [7, 11) is 0. The normalized spacial score (nSPS) is 10.9. The fourth-order valence-electron chi connectivity index (χ4n) is 3.10. The number of fused-ring (bicyclic) bond motifs is 1. The molecule has 0 bridgehead atoms. The number of H-pyrrole nitrogens is 1. The molecular weight excluding hydrogens is 324 g/mol. The largest absolute Gasteiger partial charge is 0.361 e. The first-order valence-corrected chi connectivity index (χ1v) is 8.75. The van der Waals surface area contributed by atoms with E-state index in [1.807, 2.05) is 60.9 Å². The lowest BCUT2D eigenvalue weighted by molar-refractivity contribution is -0.116. The van der Waals surface area contributed by atoms with Gasteiger partial charge in [-0.2, -0.15) is 5.10 Å². The lowest BCUT2D eigenvalue weighted by Crippen LogP contribution is -2.12. The Morgan fingerprint density at radius 1 is 1.04 bits per heavy atom. The van der Waals surface area contributed by atoms with Crippen LogP contribution >= 0.6 is 0 Å². The molecule has 0 aliphatic rings. The van der Waals surface area contributed by atoms with Crippen molar-refractivity contribution >= 4 is 22.6 Å². The van der Waals surface area contributed by atoms with E-state index in [2.05, 4.69) is 27.5 Å². The molecule has 26 heavy (non-hydrogen) atoms. The summed E-state index contributed by atoms with van der Waals surface area (Å²) in [5.41, 5.74) is 3.35. The molecule has 0 spiro atoms. The van der Waals surface area contributed by atoms with Crippen LogP contribution in [0.25, 0.3) is 16.6 Å². The van der Waals surface area contributed by atoms with E-state index >= 15 is 0 Å². The molecule has 2 heterocycles. The van der Waals surface area contributed by atoms with E-state index in [1.54, 1.807) is 4.68 Å². The van der Waals surface area contributed by atoms with Gasteiger partial charge >= 0.3 is 0 Å². The Labute approximate surface area is 151 Å². The summed E-state index contributed by atoms with van der Waals surface area (Å²) in [5, 5.41) is 8.50. The maximum absolute atomic E-state index is 12.2. The minimum Gasteiger partial charge on any atom is -0.361 e. The first kappa shape index (κ1) is 16.1. The molecule has 4 aromatic rings. The molecule has 5 nitrogen and oxygen atoms in total. The number of carbonyl (C=O) groups excluding carboxylic acids is 1. The van der Waals surface area contributed by atoms with Crippen molar-refractivity contribution in [3.05, 3.63) is 78.6 Å². The topological polar surface area (TPSA) is 62.7 Å². The fraction of sp³-hybridized carbons (Fsp3) is 0.143. The number of carbonyl (C=O) groups is 1. The molecule has 0 saturated heterocycles. The highest BCUT2D eigenvalue weighted by Crippen LogP contribution is 2.19. The molecule has 0 aliphatic carbocycles. The highest BCUT2D eigenvalue weighted by molar-refractivity contribution is 5.89. The number of benzene rings is 2. The van der Waals surface area contributed by atoms with Gasteiger partial charge in [0.25, 0.3) is 0 Å². The van der Waals surface area contributed by atoms with Crippen LogP contribution in [0, 0.1) is 0 Å². The van der Waals surface area contributed by atoms with Crippen molar-refractivity contribution in [1.82, 2.24) is 14.8 Å². The number of rotatable bonds is 6. The zero-order chi connectivity index (χ0) is 17.8. The minimum atomic E-state index is -0.0110. The van der Waals surface area contributed by atoms with Gasteiger partial charge in [0.1, 0.15) is 0 Å². The number of nitrogens with one attached hydrogen (secondary N) is 2. The van der Waals surface area contributed by atoms with Gasteiger partial charge < -0.3 is 10.3 Å². The van der Waals surface area contributed by atoms with E-state index in [4.69, 9.17) is 0 Å². The average molecular weight is 344 g/mol. The predicted octanol–water partition coefficient (Wildman–Crippen LogP) is 4.32. The molecule has 2 N–H and O–H groups in total. The smallest absolute Gasteiger partial charge is 0.225 e. The van der Waals surface area contributed by atoms with E-state index in [1.165, 1.54) is 10.9 Å². The summed E-state index contributed by atoms with van der Waals surface area (Å²) in [6.45, 7) is 0. The van der Waals surface area contributed by atoms with Crippen molar-refractivity contribution < 1.29 is 4.79 Å². The Bertz CT molecular complexity index is 1020. The Hall–Kier alpha value is -3.34. The molecule has 0 saturated carbocycles. The van der Waals surface area contributed by atoms with Crippen LogP contribution in [-0.4, -0.2) is 20.7 Å². The van der Waals surface area contributed by atoms with Gasteiger partial charge in [0.2, 0.25) is 5.91 Å². The van der Waals surface area contributed by atoms with Crippen molar-refractivity contribution in [2.75, 3.05) is 5.32 Å². The third-order valence-electron chi connectivity index (χ3n) is 4.40. The standard InChI is InChI=1S/C21H20N4O/c26-21(12-6-7-16-15-22-19-11-5-4-10-18(16)19)23-20-13-14-25(24-20)17-8-2-1-3-9-17/h1-5,8-11,13-15,22H,6-7,12H2,(H,23,24,26). The van der Waals surface area contributed by atoms with E-state index in [9.17, 15) is 4.79 Å². The highest BCUT2D eigenvalue weighted by atomic mass is 16.1. The number of hydrogen-bond acceptors (Lipinski definition) is 2. The van der Waals surface area contributed by atoms with Gasteiger partial charge in [0, 0.05) is 35.8 Å². The number of aryl methyl sites for hydroxylation is 1. The number of hydrogen-bond donors (Lipinski definition) is 2. The lowest BCUT2D eigenvalue weighted by Gasteiger charge is -2.03. The summed E-state index contributed by atoms with van der Waals surface area (Å²) in [6, 6.07) is 19.9. The van der Waals surface area contributed by atoms with Crippen LogP contribution in [0.3, 0.4) is 0 Å². The molecule has 2 aromatic carbocycles. The number of aromatic nitrogens is 3. The van der Waals surface area contributed by atoms with Crippen LogP contribution in [0.1, 0.15) is 18.4 Å². The van der Waals surface area contributed by atoms with E-state index in [0.29, 0.717) is 12.2 Å². The predicted molar refractivity (Wildman–Crippen MR) is 103 cm³/mol. The summed E-state index contributed by atoms with van der Waals surface area (Å²) < 4.78 is 1.75. The molecule has 130 valence electrons. The number of para-hydroxylation sites is 2. The van der Waals surface area contributed by atoms with Crippen LogP contribution in [0.2, 0.25) is 0 Å². The second-order valence-electron chi connectivity index (χ2n) is 6.24. The van der Waals surface area contributed by atoms with Gasteiger partial charge in [-0.25, -0.2) is 4.68 Å². The molecule has 0 aliphatic heterocycles. The molecule has 0 radical (unpaired) electrons. The quantitative estimate of drug-likeness (QED) is 0.547. The number of amides is 1. The van der Waals surface area contributed by atoms with Crippen molar-refractivity contribution in [3.8, 4) is 5.69 Å². The summed E-state index contributed by atoms with van der Waals surface area (Å²) in [5.74, 6) is 0.564. The summed E-state index contributed by atoms with van der Waals surface area (Å²) in [4.78, 5) is 15.5. The second kappa shape index (κ2) is 7.27. The van der Waals surface area contributed by atoms with Crippen LogP contribution in [0.5, 0.6) is 0 Å². The van der Waals surface area contributed by atoms with E-state index in [-0.39, 0.29) is 5.91 Å². The van der Waals surface area contributed by atoms with Gasteiger partial charge in [0.15, 0.2) is 5.82 Å². The Morgan fingerprint density at radius 3 is 2.73 bits per heavy atom. The maximum atomic E-state index is 12.2.